The molecule has 4 nitrogen and oxygen atoms in total. The Hall–Kier alpha value is -0.750. The SMILES string of the molecule is CCC[C@H]1CC(=O)O[C@]1(C)C(=O)C[n+]1cc(Br)cc(Br)c1. The Morgan fingerprint density at radius 3 is 2.62 bits per heavy atom. The molecule has 2 atom stereocenters. The Kier molecular flexibility index (Phi) is 5.20. The van der Waals surface area contributed by atoms with Gasteiger partial charge in [-0.3, -0.25) is 9.59 Å². The summed E-state index contributed by atoms with van der Waals surface area (Å²) in [6.45, 7) is 3.98. The Morgan fingerprint density at radius 2 is 2.05 bits per heavy atom. The van der Waals surface area contributed by atoms with E-state index in [0.717, 1.165) is 21.8 Å². The van der Waals surface area contributed by atoms with Crippen molar-refractivity contribution in [2.75, 3.05) is 0 Å². The van der Waals surface area contributed by atoms with Crippen LogP contribution in [0.25, 0.3) is 0 Å². The summed E-state index contributed by atoms with van der Waals surface area (Å²) in [5.41, 5.74) is -1.01. The predicted molar refractivity (Wildman–Crippen MR) is 84.6 cm³/mol. The lowest BCUT2D eigenvalue weighted by Gasteiger charge is -2.26. The average molecular weight is 420 g/mol. The van der Waals surface area contributed by atoms with E-state index in [1.54, 1.807) is 11.5 Å². The lowest BCUT2D eigenvalue weighted by atomic mass is 9.82. The zero-order chi connectivity index (χ0) is 15.6. The van der Waals surface area contributed by atoms with Crippen molar-refractivity contribution in [3.63, 3.8) is 0 Å². The number of aromatic nitrogens is 1. The minimum atomic E-state index is -1.01. The van der Waals surface area contributed by atoms with Crippen molar-refractivity contribution in [3.8, 4) is 0 Å². The van der Waals surface area contributed by atoms with Gasteiger partial charge in [0.05, 0.1) is 15.4 Å². The highest BCUT2D eigenvalue weighted by Crippen LogP contribution is 2.36. The van der Waals surface area contributed by atoms with Crippen molar-refractivity contribution in [1.29, 1.82) is 0 Å². The molecule has 1 aliphatic heterocycles. The van der Waals surface area contributed by atoms with Gasteiger partial charge >= 0.3 is 5.97 Å². The first-order chi connectivity index (χ1) is 9.85. The highest BCUT2D eigenvalue weighted by atomic mass is 79.9. The van der Waals surface area contributed by atoms with Crippen LogP contribution in [0.1, 0.15) is 33.1 Å². The fourth-order valence-corrected chi connectivity index (χ4v) is 4.07. The molecule has 1 fully saturated rings. The maximum atomic E-state index is 12.7. The summed E-state index contributed by atoms with van der Waals surface area (Å²) in [6.07, 6.45) is 5.75. The molecule has 2 heterocycles. The molecule has 6 heteroatoms. The van der Waals surface area contributed by atoms with Crippen LogP contribution in [-0.2, 0) is 20.9 Å². The van der Waals surface area contributed by atoms with Crippen molar-refractivity contribution < 1.29 is 18.9 Å². The van der Waals surface area contributed by atoms with Gasteiger partial charge in [-0.05, 0) is 51.3 Å². The summed E-state index contributed by atoms with van der Waals surface area (Å²) in [6, 6.07) is 1.90. The molecule has 0 radical (unpaired) electrons. The standard InChI is InChI=1S/C15H18Br2NO3/c1-3-4-10-5-14(20)21-15(10,2)13(19)9-18-7-11(16)6-12(17)8-18/h6-8,10H,3-5,9H2,1-2H3/q+1/t10-,15-/m0/s1. The molecule has 0 aromatic carbocycles. The van der Waals surface area contributed by atoms with Crippen molar-refractivity contribution in [1.82, 2.24) is 0 Å². The van der Waals surface area contributed by atoms with Gasteiger partial charge < -0.3 is 4.74 Å². The first-order valence-corrected chi connectivity index (χ1v) is 8.54. The number of ether oxygens (including phenoxy) is 1. The number of Topliss-reactive ketones (excluding diaryl/α,β-unsaturated/α-hetero) is 1. The number of nitrogens with zero attached hydrogens (tertiary/aromatic N) is 1. The van der Waals surface area contributed by atoms with Crippen molar-refractivity contribution in [2.45, 2.75) is 45.3 Å². The normalized spacial score (nSPS) is 25.0. The fourth-order valence-electron chi connectivity index (χ4n) is 2.74. The molecule has 0 aliphatic carbocycles. The Bertz CT molecular complexity index is 556. The number of pyridine rings is 1. The van der Waals surface area contributed by atoms with E-state index in [2.05, 4.69) is 31.9 Å². The highest BCUT2D eigenvalue weighted by molar-refractivity contribution is 9.11. The summed E-state index contributed by atoms with van der Waals surface area (Å²) < 4.78 is 8.93. The second-order valence-electron chi connectivity index (χ2n) is 5.54. The van der Waals surface area contributed by atoms with E-state index < -0.39 is 5.60 Å². The third-order valence-electron chi connectivity index (χ3n) is 3.89. The van der Waals surface area contributed by atoms with E-state index in [1.807, 2.05) is 25.4 Å². The van der Waals surface area contributed by atoms with Crippen LogP contribution >= 0.6 is 31.9 Å². The minimum Gasteiger partial charge on any atom is -0.451 e. The van der Waals surface area contributed by atoms with Gasteiger partial charge in [0.2, 0.25) is 12.3 Å². The number of esters is 1. The second-order valence-corrected chi connectivity index (χ2v) is 7.37. The molecule has 2 rings (SSSR count). The van der Waals surface area contributed by atoms with Crippen LogP contribution in [0.5, 0.6) is 0 Å². The van der Waals surface area contributed by atoms with Gasteiger partial charge in [0.25, 0.3) is 0 Å². The second kappa shape index (κ2) is 6.57. The maximum absolute atomic E-state index is 12.7. The Balaban J connectivity index is 2.19. The van der Waals surface area contributed by atoms with Crippen LogP contribution in [0.2, 0.25) is 0 Å². The van der Waals surface area contributed by atoms with Crippen molar-refractivity contribution in [2.24, 2.45) is 5.92 Å². The maximum Gasteiger partial charge on any atom is 0.307 e. The molecule has 0 unspecified atom stereocenters. The van der Waals surface area contributed by atoms with E-state index in [9.17, 15) is 9.59 Å². The van der Waals surface area contributed by atoms with Crippen LogP contribution < -0.4 is 4.57 Å². The van der Waals surface area contributed by atoms with E-state index in [1.165, 1.54) is 0 Å². The highest BCUT2D eigenvalue weighted by Gasteiger charge is 2.51. The summed E-state index contributed by atoms with van der Waals surface area (Å²) in [5.74, 6) is -0.370. The third kappa shape index (κ3) is 3.72. The topological polar surface area (TPSA) is 47.3 Å². The number of hydrogen-bond acceptors (Lipinski definition) is 3. The fraction of sp³-hybridized carbons (Fsp3) is 0.533. The van der Waals surface area contributed by atoms with E-state index in [4.69, 9.17) is 4.74 Å². The lowest BCUT2D eigenvalue weighted by molar-refractivity contribution is -0.686. The van der Waals surface area contributed by atoms with Gasteiger partial charge in [-0.2, -0.15) is 4.57 Å². The zero-order valence-electron chi connectivity index (χ0n) is 12.1. The molecular formula is C15H18Br2NO3+. The van der Waals surface area contributed by atoms with E-state index in [0.29, 0.717) is 6.42 Å². The molecule has 0 spiro atoms. The number of hydrogen-bond donors (Lipinski definition) is 0. The molecule has 1 aromatic heterocycles. The summed E-state index contributed by atoms with van der Waals surface area (Å²) in [7, 11) is 0. The Morgan fingerprint density at radius 1 is 1.43 bits per heavy atom. The molecule has 1 aliphatic rings. The molecule has 0 bridgehead atoms. The monoisotopic (exact) mass is 418 g/mol. The molecule has 114 valence electrons. The first kappa shape index (κ1) is 16.6. The molecule has 1 saturated heterocycles. The van der Waals surface area contributed by atoms with Gasteiger partial charge in [-0.1, -0.05) is 13.3 Å². The molecule has 0 N–H and O–H groups in total. The van der Waals surface area contributed by atoms with Crippen molar-refractivity contribution in [3.05, 3.63) is 27.4 Å². The summed E-state index contributed by atoms with van der Waals surface area (Å²) in [4.78, 5) is 24.3. The molecule has 0 saturated carbocycles. The predicted octanol–water partition coefficient (Wildman–Crippen LogP) is 3.19. The van der Waals surface area contributed by atoms with Gasteiger partial charge in [-0.15, -0.1) is 0 Å². The van der Waals surface area contributed by atoms with Crippen LogP contribution in [0.4, 0.5) is 0 Å². The summed E-state index contributed by atoms with van der Waals surface area (Å²) in [5, 5.41) is 0. The number of ketones is 1. The van der Waals surface area contributed by atoms with Crippen molar-refractivity contribution >= 4 is 43.6 Å². The van der Waals surface area contributed by atoms with Gasteiger partial charge in [-0.25, -0.2) is 0 Å². The quantitative estimate of drug-likeness (QED) is 0.543. The number of rotatable bonds is 5. The minimum absolute atomic E-state index is 0.0290. The number of carbonyl (C=O) groups is 2. The lowest BCUT2D eigenvalue weighted by Crippen LogP contribution is -2.49. The van der Waals surface area contributed by atoms with Gasteiger partial charge in [0.1, 0.15) is 0 Å². The van der Waals surface area contributed by atoms with E-state index in [-0.39, 0.29) is 24.2 Å². The van der Waals surface area contributed by atoms with Crippen LogP contribution in [0.3, 0.4) is 0 Å². The zero-order valence-corrected chi connectivity index (χ0v) is 15.2. The largest absolute Gasteiger partial charge is 0.451 e. The van der Waals surface area contributed by atoms with Gasteiger partial charge in [0, 0.05) is 5.92 Å². The van der Waals surface area contributed by atoms with Crippen LogP contribution in [-0.4, -0.2) is 17.4 Å². The third-order valence-corrected chi connectivity index (χ3v) is 4.76. The number of halogens is 2. The number of carbonyl (C=O) groups excluding carboxylic acids is 2. The smallest absolute Gasteiger partial charge is 0.307 e. The van der Waals surface area contributed by atoms with Crippen LogP contribution in [0, 0.1) is 5.92 Å². The molecule has 0 amide bonds. The molecular weight excluding hydrogens is 402 g/mol. The molecule has 21 heavy (non-hydrogen) atoms. The average Bonchev–Trinajstić information content (AvgIpc) is 2.64. The first-order valence-electron chi connectivity index (χ1n) is 6.95. The Labute approximate surface area is 141 Å². The van der Waals surface area contributed by atoms with E-state index >= 15 is 0 Å². The van der Waals surface area contributed by atoms with Gasteiger partial charge in [0.15, 0.2) is 18.0 Å². The van der Waals surface area contributed by atoms with Crippen LogP contribution in [0.15, 0.2) is 27.4 Å². The molecule has 1 aromatic rings. The number of cyclic esters (lactones) is 1. The summed E-state index contributed by atoms with van der Waals surface area (Å²) >= 11 is 6.80.